The number of nitro groups is 1. The number of phenolic OH excluding ortho intramolecular Hbond substituents is 1. The molecule has 2 aromatic rings. The number of aromatic nitrogens is 1. The van der Waals surface area contributed by atoms with Crippen LogP contribution in [0.15, 0.2) is 24.3 Å². The fourth-order valence-corrected chi connectivity index (χ4v) is 2.67. The maximum Gasteiger partial charge on any atom is 0.347 e. The van der Waals surface area contributed by atoms with Crippen LogP contribution in [-0.4, -0.2) is 21.0 Å². The second-order valence-corrected chi connectivity index (χ2v) is 5.38. The molecule has 0 bridgehead atoms. The van der Waals surface area contributed by atoms with Crippen molar-refractivity contribution >= 4 is 35.7 Å². The molecule has 7 nitrogen and oxygen atoms in total. The van der Waals surface area contributed by atoms with Crippen molar-refractivity contribution in [1.29, 1.82) is 0 Å². The number of non-ortho nitro benzene ring substituents is 1. The molecule has 0 fully saturated rings. The molecule has 1 aliphatic heterocycles. The van der Waals surface area contributed by atoms with Crippen molar-refractivity contribution in [3.8, 4) is 5.75 Å². The second-order valence-electron chi connectivity index (χ2n) is 4.97. The molecule has 23 heavy (non-hydrogen) atoms. The van der Waals surface area contributed by atoms with E-state index < -0.39 is 10.9 Å². The van der Waals surface area contributed by atoms with E-state index in [1.807, 2.05) is 0 Å². The SMILES string of the molecule is Cc1cc2c(c(=S)[nH]1)C(=O)OC2=Cc1cc([N+](=O)[O-])ccc1O. The van der Waals surface area contributed by atoms with Crippen LogP contribution in [-0.2, 0) is 4.74 Å². The van der Waals surface area contributed by atoms with Crippen molar-refractivity contribution in [2.75, 3.05) is 0 Å². The Morgan fingerprint density at radius 3 is 2.83 bits per heavy atom. The van der Waals surface area contributed by atoms with E-state index in [1.54, 1.807) is 13.0 Å². The van der Waals surface area contributed by atoms with Crippen LogP contribution < -0.4 is 0 Å². The fraction of sp³-hybridized carbons (Fsp3) is 0.0667. The average molecular weight is 330 g/mol. The van der Waals surface area contributed by atoms with Crippen LogP contribution in [0.4, 0.5) is 5.69 Å². The van der Waals surface area contributed by atoms with Crippen LogP contribution in [0.2, 0.25) is 0 Å². The highest BCUT2D eigenvalue weighted by atomic mass is 32.1. The summed E-state index contributed by atoms with van der Waals surface area (Å²) in [5, 5.41) is 20.7. The standard InChI is InChI=1S/C15H10N2O5S/c1-7-4-10-12(22-15(19)13(10)14(23)16-7)6-8-5-9(17(20)21)2-3-11(8)18/h2-6,18H,1H3,(H,16,23). The number of carbonyl (C=O) groups excluding carboxylic acids is 1. The van der Waals surface area contributed by atoms with E-state index in [1.165, 1.54) is 24.3 Å². The quantitative estimate of drug-likeness (QED) is 0.379. The summed E-state index contributed by atoms with van der Waals surface area (Å²) in [5.74, 6) is -0.577. The first-order chi connectivity index (χ1) is 10.9. The molecule has 0 amide bonds. The summed E-state index contributed by atoms with van der Waals surface area (Å²) in [7, 11) is 0. The summed E-state index contributed by atoms with van der Waals surface area (Å²) in [6.45, 7) is 1.78. The molecule has 0 radical (unpaired) electrons. The lowest BCUT2D eigenvalue weighted by Crippen LogP contribution is -1.97. The number of nitrogens with one attached hydrogen (secondary N) is 1. The average Bonchev–Trinajstić information content (AvgIpc) is 2.77. The molecule has 0 spiro atoms. The van der Waals surface area contributed by atoms with E-state index >= 15 is 0 Å². The predicted octanol–water partition coefficient (Wildman–Crippen LogP) is 3.33. The first kappa shape index (κ1) is 14.9. The van der Waals surface area contributed by atoms with Gasteiger partial charge in [0.1, 0.15) is 21.7 Å². The van der Waals surface area contributed by atoms with Gasteiger partial charge in [0.05, 0.1) is 4.92 Å². The summed E-state index contributed by atoms with van der Waals surface area (Å²) in [6.07, 6.45) is 1.38. The number of benzene rings is 1. The van der Waals surface area contributed by atoms with E-state index in [2.05, 4.69) is 4.98 Å². The van der Waals surface area contributed by atoms with Crippen molar-refractivity contribution in [1.82, 2.24) is 4.98 Å². The number of nitrogens with zero attached hydrogens (tertiary/aromatic N) is 1. The Kier molecular flexibility index (Phi) is 3.45. The third-order valence-electron chi connectivity index (χ3n) is 3.35. The summed E-state index contributed by atoms with van der Waals surface area (Å²) >= 11 is 5.12. The molecule has 0 saturated carbocycles. The minimum absolute atomic E-state index is 0.162. The number of aryl methyl sites for hydroxylation is 1. The van der Waals surface area contributed by atoms with Gasteiger partial charge in [-0.05, 0) is 25.1 Å². The highest BCUT2D eigenvalue weighted by Crippen LogP contribution is 2.34. The van der Waals surface area contributed by atoms with Gasteiger partial charge in [-0.1, -0.05) is 12.2 Å². The number of esters is 1. The van der Waals surface area contributed by atoms with Crippen molar-refractivity contribution < 1.29 is 19.6 Å². The Morgan fingerprint density at radius 2 is 2.13 bits per heavy atom. The van der Waals surface area contributed by atoms with Gasteiger partial charge in [-0.15, -0.1) is 0 Å². The number of fused-ring (bicyclic) bond motifs is 1. The molecule has 2 N–H and O–H groups in total. The third-order valence-corrected chi connectivity index (χ3v) is 3.65. The van der Waals surface area contributed by atoms with Crippen LogP contribution in [0.5, 0.6) is 5.75 Å². The minimum Gasteiger partial charge on any atom is -0.507 e. The van der Waals surface area contributed by atoms with Gasteiger partial charge in [-0.25, -0.2) is 4.79 Å². The monoisotopic (exact) mass is 330 g/mol. The molecule has 1 aromatic carbocycles. The molecule has 1 aliphatic rings. The summed E-state index contributed by atoms with van der Waals surface area (Å²) in [6, 6.07) is 5.29. The van der Waals surface area contributed by atoms with Gasteiger partial charge in [-0.2, -0.15) is 0 Å². The van der Waals surface area contributed by atoms with E-state index in [0.29, 0.717) is 5.56 Å². The number of hydrogen-bond acceptors (Lipinski definition) is 6. The number of ether oxygens (including phenoxy) is 1. The van der Waals surface area contributed by atoms with Crippen LogP contribution >= 0.6 is 12.2 Å². The number of cyclic esters (lactones) is 1. The summed E-state index contributed by atoms with van der Waals surface area (Å²) in [5.41, 5.74) is 1.46. The topological polar surface area (TPSA) is 105 Å². The molecule has 0 saturated heterocycles. The highest BCUT2D eigenvalue weighted by molar-refractivity contribution is 7.71. The van der Waals surface area contributed by atoms with Crippen LogP contribution in [0.3, 0.4) is 0 Å². The molecule has 8 heteroatoms. The summed E-state index contributed by atoms with van der Waals surface area (Å²) in [4.78, 5) is 25.1. The Hall–Kier alpha value is -3.00. The molecule has 2 heterocycles. The lowest BCUT2D eigenvalue weighted by Gasteiger charge is -2.03. The fourth-order valence-electron chi connectivity index (χ4n) is 2.31. The van der Waals surface area contributed by atoms with Gasteiger partial charge in [0.25, 0.3) is 5.69 Å². The molecule has 3 rings (SSSR count). The number of carbonyl (C=O) groups is 1. The summed E-state index contributed by atoms with van der Waals surface area (Å²) < 4.78 is 5.44. The van der Waals surface area contributed by atoms with Crippen molar-refractivity contribution in [2.45, 2.75) is 6.92 Å². The number of pyridine rings is 1. The molecule has 1 aromatic heterocycles. The zero-order valence-corrected chi connectivity index (χ0v) is 12.6. The van der Waals surface area contributed by atoms with Crippen molar-refractivity contribution in [3.05, 3.63) is 61.4 Å². The number of rotatable bonds is 2. The highest BCUT2D eigenvalue weighted by Gasteiger charge is 2.29. The van der Waals surface area contributed by atoms with E-state index in [-0.39, 0.29) is 33.0 Å². The largest absolute Gasteiger partial charge is 0.507 e. The van der Waals surface area contributed by atoms with Gasteiger partial charge >= 0.3 is 5.97 Å². The lowest BCUT2D eigenvalue weighted by molar-refractivity contribution is -0.384. The Labute approximate surface area is 135 Å². The van der Waals surface area contributed by atoms with Crippen LogP contribution in [0, 0.1) is 21.7 Å². The number of aromatic hydroxyl groups is 1. The van der Waals surface area contributed by atoms with E-state index in [0.717, 1.165) is 5.69 Å². The number of phenols is 1. The van der Waals surface area contributed by atoms with Gasteiger partial charge in [0.2, 0.25) is 0 Å². The Morgan fingerprint density at radius 1 is 1.39 bits per heavy atom. The van der Waals surface area contributed by atoms with Crippen molar-refractivity contribution in [3.63, 3.8) is 0 Å². The minimum atomic E-state index is -0.600. The smallest absolute Gasteiger partial charge is 0.347 e. The van der Waals surface area contributed by atoms with Gasteiger partial charge < -0.3 is 14.8 Å². The number of H-pyrrole nitrogens is 1. The van der Waals surface area contributed by atoms with Crippen molar-refractivity contribution in [2.24, 2.45) is 0 Å². The molecule has 0 unspecified atom stereocenters. The number of aromatic amines is 1. The van der Waals surface area contributed by atoms with Crippen LogP contribution in [0.25, 0.3) is 11.8 Å². The molecular weight excluding hydrogens is 320 g/mol. The molecule has 116 valence electrons. The Bertz CT molecular complexity index is 945. The maximum atomic E-state index is 11.9. The predicted molar refractivity (Wildman–Crippen MR) is 84.4 cm³/mol. The molecule has 0 atom stereocenters. The van der Waals surface area contributed by atoms with Gasteiger partial charge in [0, 0.05) is 29.0 Å². The first-order valence-corrected chi connectivity index (χ1v) is 6.93. The normalized spacial score (nSPS) is 14.7. The zero-order valence-electron chi connectivity index (χ0n) is 11.8. The molecular formula is C15H10N2O5S. The third kappa shape index (κ3) is 2.59. The van der Waals surface area contributed by atoms with Gasteiger partial charge in [0.15, 0.2) is 0 Å². The lowest BCUT2D eigenvalue weighted by atomic mass is 10.1. The second kappa shape index (κ2) is 5.33. The molecule has 0 aliphatic carbocycles. The maximum absolute atomic E-state index is 11.9. The van der Waals surface area contributed by atoms with Crippen LogP contribution in [0.1, 0.15) is 27.2 Å². The number of nitro benzene ring substituents is 1. The van der Waals surface area contributed by atoms with E-state index in [4.69, 9.17) is 17.0 Å². The van der Waals surface area contributed by atoms with E-state index in [9.17, 15) is 20.0 Å². The van der Waals surface area contributed by atoms with Gasteiger partial charge in [-0.3, -0.25) is 10.1 Å². The zero-order chi connectivity index (χ0) is 16.7. The Balaban J connectivity index is 2.17. The first-order valence-electron chi connectivity index (χ1n) is 6.52. The number of hydrogen-bond donors (Lipinski definition) is 2.